The van der Waals surface area contributed by atoms with Crippen molar-refractivity contribution in [3.63, 3.8) is 0 Å². The molecule has 0 saturated carbocycles. The topological polar surface area (TPSA) is 67.4 Å². The Bertz CT molecular complexity index is 943. The Labute approximate surface area is 162 Å². The Hall–Kier alpha value is -2.35. The highest BCUT2D eigenvalue weighted by Crippen LogP contribution is 2.21. The molecule has 2 aromatic heterocycles. The van der Waals surface area contributed by atoms with Gasteiger partial charge in [-0.3, -0.25) is 20.0 Å². The van der Waals surface area contributed by atoms with Gasteiger partial charge >= 0.3 is 0 Å². The number of nitrogens with one attached hydrogen (secondary N) is 1. The number of hydrogen-bond donors (Lipinski definition) is 1. The molecule has 1 N–H and O–H groups in total. The summed E-state index contributed by atoms with van der Waals surface area (Å²) in [4.78, 5) is 24.0. The van der Waals surface area contributed by atoms with Crippen LogP contribution in [0.5, 0.6) is 0 Å². The number of carbonyl (C=O) groups excluding carboxylic acids is 1. The Morgan fingerprint density at radius 1 is 1.26 bits per heavy atom. The van der Waals surface area contributed by atoms with E-state index >= 15 is 0 Å². The second-order valence-corrected chi connectivity index (χ2v) is 7.79. The largest absolute Gasteiger partial charge is 0.373 e. The molecule has 0 radical (unpaired) electrons. The van der Waals surface area contributed by atoms with Crippen LogP contribution in [0, 0.1) is 0 Å². The molecular formula is C20H22N4O2S. The molecule has 1 aliphatic heterocycles. The predicted molar refractivity (Wildman–Crippen MR) is 107 cm³/mol. The number of carbonyl (C=O) groups is 1. The third-order valence-electron chi connectivity index (χ3n) is 4.53. The van der Waals surface area contributed by atoms with E-state index in [2.05, 4.69) is 34.0 Å². The SMILES string of the molecule is CC1CN(Cc2csc(NC(=O)c3cccc4cccnc34)n2)CC(C)O1. The van der Waals surface area contributed by atoms with Gasteiger partial charge in [-0.2, -0.15) is 0 Å². The molecule has 27 heavy (non-hydrogen) atoms. The van der Waals surface area contributed by atoms with Crippen LogP contribution in [0.15, 0.2) is 41.9 Å². The molecule has 2 unspecified atom stereocenters. The van der Waals surface area contributed by atoms with E-state index in [0.29, 0.717) is 16.2 Å². The zero-order valence-electron chi connectivity index (χ0n) is 15.4. The van der Waals surface area contributed by atoms with E-state index in [1.807, 2.05) is 29.6 Å². The summed E-state index contributed by atoms with van der Waals surface area (Å²) in [5, 5.41) is 6.47. The van der Waals surface area contributed by atoms with Crippen LogP contribution in [0.3, 0.4) is 0 Å². The van der Waals surface area contributed by atoms with Gasteiger partial charge in [0.2, 0.25) is 0 Å². The lowest BCUT2D eigenvalue weighted by Crippen LogP contribution is -2.44. The number of nitrogens with zero attached hydrogens (tertiary/aromatic N) is 3. The Morgan fingerprint density at radius 3 is 2.85 bits per heavy atom. The maximum Gasteiger partial charge on any atom is 0.259 e. The minimum atomic E-state index is -0.186. The molecule has 0 aliphatic carbocycles. The minimum absolute atomic E-state index is 0.186. The van der Waals surface area contributed by atoms with E-state index in [9.17, 15) is 4.79 Å². The van der Waals surface area contributed by atoms with Crippen molar-refractivity contribution in [2.45, 2.75) is 32.6 Å². The number of anilines is 1. The first-order valence-electron chi connectivity index (χ1n) is 9.06. The van der Waals surface area contributed by atoms with E-state index in [1.54, 1.807) is 12.3 Å². The number of hydrogen-bond acceptors (Lipinski definition) is 6. The Balaban J connectivity index is 1.45. The fourth-order valence-electron chi connectivity index (χ4n) is 3.53. The van der Waals surface area contributed by atoms with E-state index in [1.165, 1.54) is 11.3 Å². The third kappa shape index (κ3) is 4.16. The summed E-state index contributed by atoms with van der Waals surface area (Å²) in [5.41, 5.74) is 2.22. The van der Waals surface area contributed by atoms with Crippen LogP contribution in [0.25, 0.3) is 10.9 Å². The van der Waals surface area contributed by atoms with Crippen molar-refractivity contribution >= 4 is 33.3 Å². The van der Waals surface area contributed by atoms with Crippen LogP contribution in [0.2, 0.25) is 0 Å². The molecule has 0 spiro atoms. The molecule has 1 amide bonds. The van der Waals surface area contributed by atoms with Crippen LogP contribution in [-0.2, 0) is 11.3 Å². The highest BCUT2D eigenvalue weighted by atomic mass is 32.1. The van der Waals surface area contributed by atoms with E-state index in [0.717, 1.165) is 30.7 Å². The predicted octanol–water partition coefficient (Wildman–Crippen LogP) is 3.55. The fourth-order valence-corrected chi connectivity index (χ4v) is 4.23. The quantitative estimate of drug-likeness (QED) is 0.747. The molecule has 7 heteroatoms. The van der Waals surface area contributed by atoms with Crippen molar-refractivity contribution in [1.29, 1.82) is 0 Å². The second kappa shape index (κ2) is 7.72. The van der Waals surface area contributed by atoms with Gasteiger partial charge < -0.3 is 4.74 Å². The summed E-state index contributed by atoms with van der Waals surface area (Å²) >= 11 is 1.45. The zero-order valence-corrected chi connectivity index (χ0v) is 16.2. The fraction of sp³-hybridized carbons (Fsp3) is 0.350. The van der Waals surface area contributed by atoms with Gasteiger partial charge in [0.05, 0.1) is 29.0 Å². The van der Waals surface area contributed by atoms with Gasteiger partial charge in [-0.05, 0) is 26.0 Å². The summed E-state index contributed by atoms with van der Waals surface area (Å²) < 4.78 is 5.77. The molecule has 3 heterocycles. The molecule has 3 aromatic rings. The van der Waals surface area contributed by atoms with Gasteiger partial charge in [0.25, 0.3) is 5.91 Å². The Morgan fingerprint density at radius 2 is 2.04 bits per heavy atom. The number of para-hydroxylation sites is 1. The van der Waals surface area contributed by atoms with Gasteiger partial charge in [-0.25, -0.2) is 4.98 Å². The number of rotatable bonds is 4. The molecule has 0 bridgehead atoms. The van der Waals surface area contributed by atoms with Gasteiger partial charge in [0.1, 0.15) is 0 Å². The van der Waals surface area contributed by atoms with Crippen molar-refractivity contribution in [3.05, 3.63) is 53.2 Å². The molecule has 6 nitrogen and oxygen atoms in total. The maximum atomic E-state index is 12.7. The zero-order chi connectivity index (χ0) is 18.8. The molecule has 1 aromatic carbocycles. The van der Waals surface area contributed by atoms with Crippen molar-refractivity contribution in [2.24, 2.45) is 0 Å². The summed E-state index contributed by atoms with van der Waals surface area (Å²) in [6, 6.07) is 9.42. The summed E-state index contributed by atoms with van der Waals surface area (Å²) in [6.07, 6.45) is 2.15. The summed E-state index contributed by atoms with van der Waals surface area (Å²) in [5.74, 6) is -0.186. The molecule has 140 valence electrons. The number of amides is 1. The van der Waals surface area contributed by atoms with Gasteiger partial charge in [0, 0.05) is 36.6 Å². The number of pyridine rings is 1. The summed E-state index contributed by atoms with van der Waals surface area (Å²) in [6.45, 7) is 6.73. The molecular weight excluding hydrogens is 360 g/mol. The standard InChI is InChI=1S/C20H22N4O2S/c1-13-9-24(10-14(2)26-13)11-16-12-27-20(22-16)23-19(25)17-7-3-5-15-6-4-8-21-18(15)17/h3-8,12-14H,9-11H2,1-2H3,(H,22,23,25). The van der Waals surface area contributed by atoms with Crippen LogP contribution in [0.4, 0.5) is 5.13 Å². The van der Waals surface area contributed by atoms with Gasteiger partial charge in [-0.15, -0.1) is 11.3 Å². The maximum absolute atomic E-state index is 12.7. The lowest BCUT2D eigenvalue weighted by Gasteiger charge is -2.34. The average Bonchev–Trinajstić information content (AvgIpc) is 3.07. The summed E-state index contributed by atoms with van der Waals surface area (Å²) in [7, 11) is 0. The number of aromatic nitrogens is 2. The Kier molecular flexibility index (Phi) is 5.15. The van der Waals surface area contributed by atoms with Crippen molar-refractivity contribution < 1.29 is 9.53 Å². The van der Waals surface area contributed by atoms with E-state index in [4.69, 9.17) is 4.74 Å². The molecule has 4 rings (SSSR count). The van der Waals surface area contributed by atoms with Crippen LogP contribution < -0.4 is 5.32 Å². The molecule has 1 aliphatic rings. The third-order valence-corrected chi connectivity index (χ3v) is 5.34. The van der Waals surface area contributed by atoms with Crippen LogP contribution in [0.1, 0.15) is 29.9 Å². The minimum Gasteiger partial charge on any atom is -0.373 e. The first kappa shape index (κ1) is 18.0. The number of benzene rings is 1. The highest BCUT2D eigenvalue weighted by Gasteiger charge is 2.23. The lowest BCUT2D eigenvalue weighted by molar-refractivity contribution is -0.0707. The number of thiazole rings is 1. The van der Waals surface area contributed by atoms with Gasteiger partial charge in [0.15, 0.2) is 5.13 Å². The van der Waals surface area contributed by atoms with Crippen molar-refractivity contribution in [3.8, 4) is 0 Å². The first-order valence-corrected chi connectivity index (χ1v) is 9.94. The second-order valence-electron chi connectivity index (χ2n) is 6.93. The van der Waals surface area contributed by atoms with E-state index in [-0.39, 0.29) is 18.1 Å². The molecule has 1 fully saturated rings. The van der Waals surface area contributed by atoms with Gasteiger partial charge in [-0.1, -0.05) is 18.2 Å². The first-order chi connectivity index (χ1) is 13.1. The lowest BCUT2D eigenvalue weighted by atomic mass is 10.1. The number of fused-ring (bicyclic) bond motifs is 1. The van der Waals surface area contributed by atoms with E-state index < -0.39 is 0 Å². The molecule has 2 atom stereocenters. The highest BCUT2D eigenvalue weighted by molar-refractivity contribution is 7.14. The molecule has 1 saturated heterocycles. The van der Waals surface area contributed by atoms with Crippen LogP contribution >= 0.6 is 11.3 Å². The normalized spacial score (nSPS) is 20.7. The smallest absolute Gasteiger partial charge is 0.259 e. The monoisotopic (exact) mass is 382 g/mol. The van der Waals surface area contributed by atoms with Crippen LogP contribution in [-0.4, -0.2) is 46.1 Å². The number of ether oxygens (including phenoxy) is 1. The van der Waals surface area contributed by atoms with Crippen molar-refractivity contribution in [1.82, 2.24) is 14.9 Å². The average molecular weight is 382 g/mol. The number of morpholine rings is 1. The van der Waals surface area contributed by atoms with Crippen molar-refractivity contribution in [2.75, 3.05) is 18.4 Å².